The first kappa shape index (κ1) is 96.6. The molecule has 0 radical (unpaired) electrons. The fourth-order valence-corrected chi connectivity index (χ4v) is 17.5. The number of imide groups is 6. The van der Waals surface area contributed by atoms with Gasteiger partial charge in [-0.05, 0) is 89.7 Å². The number of halogens is 1. The van der Waals surface area contributed by atoms with E-state index in [4.69, 9.17) is 16.8 Å². The van der Waals surface area contributed by atoms with Crippen molar-refractivity contribution in [3.05, 3.63) is 210 Å². The summed E-state index contributed by atoms with van der Waals surface area (Å²) in [5.41, 5.74) is 26.6. The molecule has 0 bridgehead atoms. The van der Waals surface area contributed by atoms with E-state index in [1.54, 1.807) is 47.5 Å². The molecular weight excluding hydrogens is 1690 g/mol. The summed E-state index contributed by atoms with van der Waals surface area (Å²) in [6.45, 7) is 19.7. The molecule has 39 nitrogen and oxygen atoms in total. The Morgan fingerprint density at radius 3 is 1.16 bits per heavy atom. The van der Waals surface area contributed by atoms with Gasteiger partial charge >= 0.3 is 0 Å². The van der Waals surface area contributed by atoms with Crippen molar-refractivity contribution in [1.29, 1.82) is 0 Å². The smallest absolute Gasteiger partial charge is 0.265 e. The van der Waals surface area contributed by atoms with Crippen LogP contribution in [-0.4, -0.2) is 338 Å². The molecule has 5 aromatic rings. The van der Waals surface area contributed by atoms with E-state index in [1.807, 2.05) is 74.8 Å². The van der Waals surface area contributed by atoms with Crippen molar-refractivity contribution < 1.29 is 81.4 Å². The van der Waals surface area contributed by atoms with E-state index < -0.39 is 94.8 Å². The molecule has 11 aliphatic rings. The van der Waals surface area contributed by atoms with Crippen molar-refractivity contribution >= 4 is 106 Å². The minimum absolute atomic E-state index is 0.00658. The van der Waals surface area contributed by atoms with E-state index >= 15 is 0 Å². The Hall–Kier alpha value is -13.4. The van der Waals surface area contributed by atoms with Crippen LogP contribution in [-0.2, 0) is 43.2 Å². The summed E-state index contributed by atoms with van der Waals surface area (Å²) in [6.07, 6.45) is 5.33. The molecular formula is C91H108FN23O16. The molecule has 690 valence electrons. The minimum Gasteiger partial charge on any atom is -0.511 e. The number of hydrogen-bond donors (Lipinski definition) is 7. The molecule has 0 aromatic heterocycles. The van der Waals surface area contributed by atoms with Crippen LogP contribution in [0.3, 0.4) is 0 Å². The molecule has 2 aliphatic carbocycles. The van der Waals surface area contributed by atoms with Crippen LogP contribution in [0.15, 0.2) is 154 Å². The number of nitrogens with zero attached hydrogens (tertiary/aromatic N) is 17. The number of carbonyl (C=O) groups excluding carboxylic acids is 15. The first-order chi connectivity index (χ1) is 63.2. The number of ketones is 3. The standard InChI is InChI=1S/C34H38N6O6.C21H26N8O4.C15H17NO2.C13H9FN2O4.C8H18N6/c41-28-19-23(22-5-2-1-3-6-22)20-29(42)25(28)21-35-11-13-38-15-17-39(18-16-38)14-12-36-26-8-4-7-24-31(26)34(46)40(33(24)45)27-9-10-30(43)37-32(27)44;22-26-24-7-9-28-12-10-27(11-13-28)8-6-23-15-3-1-2-14-18(15)21(33)29(20(14)32)16-4-5-17(30)25-19(16)31;1-16(2)10-13-14(17)8-12(9-15(13)18)11-6-4-3-5-7-11;14-7-3-1-2-6-10(7)13(20)16(12(6)19)8-4-5-9(17)15-11(8)18;9-1-3-13-5-7-14(8-6-13)4-2-11-12-10/h1-8,21,23,27,36,41H,9-20H2,(H,37,43,44);1-3,16,23H,4-13H2,(H,25,30,31);3-7,10,12H,8-9H2,1-2H3;1-3,8H,4-5H2,(H,15,17,18);1-9H2. The Morgan fingerprint density at radius 2 is 0.794 bits per heavy atom. The SMILES string of the molecule is CN(C)C=C1C(=O)CC(c2ccccc2)CC1=O.O=C1CCC(N2C(=O)c3cccc(F)c3C2=O)C(=O)N1.O=C1CCC(N2C(=O)c3cccc(NCCN4CCN(CCN=CC5=C(O)CC(c6ccccc6)CC5=O)CC4)c3C2=O)C(=O)N1.[N-]=[N+]=NCCN1CCN(CCN)CC1.[N-]=[N+]=NCCN1CCN(CCNc2cccc3c2C(=O)N(C2CCC(=O)NC2=O)C3=O)CC1. The highest BCUT2D eigenvalue weighted by Gasteiger charge is 2.49. The highest BCUT2D eigenvalue weighted by molar-refractivity contribution is 6.27. The van der Waals surface area contributed by atoms with Gasteiger partial charge in [-0.25, -0.2) is 4.39 Å². The number of aliphatic imine (C=N–C) groups is 1. The van der Waals surface area contributed by atoms with E-state index in [2.05, 4.69) is 81.0 Å². The Balaban J connectivity index is 0.000000159. The number of aliphatic hydroxyl groups is 1. The lowest BCUT2D eigenvalue weighted by atomic mass is 9.80. The van der Waals surface area contributed by atoms with E-state index in [0.29, 0.717) is 80.9 Å². The minimum atomic E-state index is -1.07. The summed E-state index contributed by atoms with van der Waals surface area (Å²) in [5, 5.41) is 30.7. The molecule has 12 amide bonds. The van der Waals surface area contributed by atoms with Gasteiger partial charge in [0.15, 0.2) is 17.3 Å². The third-order valence-corrected chi connectivity index (χ3v) is 24.5. The number of amides is 12. The Bertz CT molecular complexity index is 5340. The largest absolute Gasteiger partial charge is 0.511 e. The number of rotatable bonds is 26. The maximum atomic E-state index is 13.7. The number of nitrogens with two attached hydrogens (primary N) is 1. The summed E-state index contributed by atoms with van der Waals surface area (Å²) >= 11 is 0. The molecule has 8 N–H and O–H groups in total. The molecule has 5 aromatic carbocycles. The Labute approximate surface area is 755 Å². The molecule has 6 saturated heterocycles. The quantitative estimate of drug-likeness (QED) is 0.00742. The summed E-state index contributed by atoms with van der Waals surface area (Å²) in [5.74, 6) is -7.65. The van der Waals surface area contributed by atoms with E-state index in [9.17, 15) is 81.4 Å². The molecule has 40 heteroatoms. The second-order valence-electron chi connectivity index (χ2n) is 33.3. The van der Waals surface area contributed by atoms with Crippen molar-refractivity contribution in [2.45, 2.75) is 94.2 Å². The van der Waals surface area contributed by atoms with Crippen molar-refractivity contribution in [2.75, 3.05) is 182 Å². The third kappa shape index (κ3) is 24.6. The van der Waals surface area contributed by atoms with Crippen LogP contribution >= 0.6 is 0 Å². The second kappa shape index (κ2) is 46.2. The molecule has 16 rings (SSSR count). The van der Waals surface area contributed by atoms with Crippen LogP contribution in [0.1, 0.15) is 149 Å². The fourth-order valence-electron chi connectivity index (χ4n) is 17.5. The third-order valence-electron chi connectivity index (χ3n) is 24.5. The fraction of sp³-hybridized carbons (Fsp3) is 0.451. The van der Waals surface area contributed by atoms with Gasteiger partial charge in [-0.1, -0.05) is 89.1 Å². The van der Waals surface area contributed by atoms with Gasteiger partial charge in [0.2, 0.25) is 35.4 Å². The van der Waals surface area contributed by atoms with Crippen LogP contribution in [0.5, 0.6) is 0 Å². The predicted molar refractivity (Wildman–Crippen MR) is 479 cm³/mol. The first-order valence-electron chi connectivity index (χ1n) is 44.0. The number of allylic oxidation sites excluding steroid dienone is 3. The number of piperidine rings is 3. The first-order valence-corrected chi connectivity index (χ1v) is 44.0. The number of piperazine rings is 3. The number of hydrogen-bond acceptors (Lipinski definition) is 29. The van der Waals surface area contributed by atoms with Gasteiger partial charge in [0.25, 0.3) is 35.4 Å². The van der Waals surface area contributed by atoms with Crippen molar-refractivity contribution in [1.82, 2.24) is 64.9 Å². The molecule has 7 fully saturated rings. The Morgan fingerprint density at radius 1 is 0.443 bits per heavy atom. The number of anilines is 2. The molecule has 131 heavy (non-hydrogen) atoms. The maximum absolute atomic E-state index is 13.7. The summed E-state index contributed by atoms with van der Waals surface area (Å²) in [4.78, 5) is 212. The zero-order chi connectivity index (χ0) is 93.4. The van der Waals surface area contributed by atoms with E-state index in [1.165, 1.54) is 18.3 Å². The number of nitrogens with one attached hydrogen (secondary N) is 5. The number of Topliss-reactive ketones (excluding diaryl/α,β-unsaturated/α-hetero) is 3. The molecule has 4 atom stereocenters. The lowest BCUT2D eigenvalue weighted by Crippen LogP contribution is -2.54. The average Bonchev–Trinajstić information content (AvgIpc) is 1.61. The molecule has 9 heterocycles. The zero-order valence-corrected chi connectivity index (χ0v) is 73.2. The average molecular weight is 1800 g/mol. The predicted octanol–water partition coefficient (Wildman–Crippen LogP) is 4.82. The van der Waals surface area contributed by atoms with Gasteiger partial charge in [-0.2, -0.15) is 0 Å². The van der Waals surface area contributed by atoms with Crippen molar-refractivity contribution in [3.63, 3.8) is 0 Å². The summed E-state index contributed by atoms with van der Waals surface area (Å²) in [6, 6.07) is 30.4. The topological polar surface area (TPSA) is 505 Å². The highest BCUT2D eigenvalue weighted by atomic mass is 19.1. The van der Waals surface area contributed by atoms with Gasteiger partial charge < -0.3 is 36.2 Å². The van der Waals surface area contributed by atoms with Gasteiger partial charge in [-0.3, -0.25) is 127 Å². The van der Waals surface area contributed by atoms with Gasteiger partial charge in [0.05, 0.1) is 51.1 Å². The van der Waals surface area contributed by atoms with E-state index in [-0.39, 0.29) is 107 Å². The summed E-state index contributed by atoms with van der Waals surface area (Å²) in [7, 11) is 3.63. The molecule has 1 saturated carbocycles. The summed E-state index contributed by atoms with van der Waals surface area (Å²) < 4.78 is 13.7. The van der Waals surface area contributed by atoms with Crippen LogP contribution in [0.2, 0.25) is 0 Å². The lowest BCUT2D eigenvalue weighted by molar-refractivity contribution is -0.137. The van der Waals surface area contributed by atoms with E-state index in [0.717, 1.165) is 156 Å². The van der Waals surface area contributed by atoms with Crippen LogP contribution in [0.4, 0.5) is 15.8 Å². The van der Waals surface area contributed by atoms with Crippen molar-refractivity contribution in [2.24, 2.45) is 21.0 Å². The lowest BCUT2D eigenvalue weighted by Gasteiger charge is -2.34. The maximum Gasteiger partial charge on any atom is 0.265 e. The van der Waals surface area contributed by atoms with Crippen LogP contribution < -0.4 is 32.3 Å². The van der Waals surface area contributed by atoms with Crippen LogP contribution in [0.25, 0.3) is 20.9 Å². The van der Waals surface area contributed by atoms with Gasteiger partial charge in [0.1, 0.15) is 29.7 Å². The normalized spacial score (nSPS) is 21.6. The molecule has 0 spiro atoms. The van der Waals surface area contributed by atoms with Crippen LogP contribution in [0, 0.1) is 5.82 Å². The van der Waals surface area contributed by atoms with Crippen molar-refractivity contribution in [3.8, 4) is 0 Å². The number of aliphatic hydroxyl groups excluding tert-OH is 1. The van der Waals surface area contributed by atoms with Gasteiger partial charge in [-0.15, -0.1) is 0 Å². The number of benzene rings is 5. The number of fused-ring (bicyclic) bond motifs is 3. The molecule has 9 aliphatic heterocycles. The van der Waals surface area contributed by atoms with Gasteiger partial charge in [0, 0.05) is 243 Å². The molecule has 4 unspecified atom stereocenters. The Kier molecular flexibility index (Phi) is 34.1. The zero-order valence-electron chi connectivity index (χ0n) is 73.2. The monoisotopic (exact) mass is 1800 g/mol. The number of azide groups is 2. The highest BCUT2D eigenvalue weighted by Crippen LogP contribution is 2.38. The number of carbonyl (C=O) groups is 15. The second-order valence-corrected chi connectivity index (χ2v) is 33.3.